The monoisotopic (exact) mass is 458 g/mol. The Balaban J connectivity index is 0.00000245. The van der Waals surface area contributed by atoms with Gasteiger partial charge >= 0.3 is 29.6 Å². The Bertz CT molecular complexity index is 931. The molecule has 0 aromatic carbocycles. The molecule has 1 heterocycles. The summed E-state index contributed by atoms with van der Waals surface area (Å²) in [7, 11) is 0. The van der Waals surface area contributed by atoms with Gasteiger partial charge in [0.05, 0.1) is 12.2 Å². The second kappa shape index (κ2) is 7.30. The molecule has 1 aliphatic heterocycles. The summed E-state index contributed by atoms with van der Waals surface area (Å²) in [4.78, 5) is 25.1. The van der Waals surface area contributed by atoms with Crippen LogP contribution in [0.1, 0.15) is 53.4 Å². The SMILES string of the molecule is CC1(C)O[C@@H]2C[C@H]3[C@@H]4CCC5=CC(=O)C=C[C@]5(C)[C@@]4(F)[C@@H](O)C[C@]3(C)[C@]2(C(=O)CO)O1.[NaH]. The molecule has 172 valence electrons. The van der Waals surface area contributed by atoms with Gasteiger partial charge in [-0.3, -0.25) is 9.59 Å². The maximum atomic E-state index is 17.1. The molecule has 0 aromatic rings. The first-order valence-electron chi connectivity index (χ1n) is 11.2. The topological polar surface area (TPSA) is 93.1 Å². The van der Waals surface area contributed by atoms with Crippen molar-refractivity contribution in [1.82, 2.24) is 0 Å². The Morgan fingerprint density at radius 2 is 1.94 bits per heavy atom. The number of ketones is 2. The van der Waals surface area contributed by atoms with Crippen molar-refractivity contribution in [2.24, 2.45) is 22.7 Å². The number of aliphatic hydroxyl groups is 2. The first-order chi connectivity index (χ1) is 14.4. The van der Waals surface area contributed by atoms with E-state index in [-0.39, 0.29) is 47.7 Å². The van der Waals surface area contributed by atoms with Gasteiger partial charge in [0.2, 0.25) is 0 Å². The summed E-state index contributed by atoms with van der Waals surface area (Å²) in [5.74, 6) is -2.46. The molecule has 4 fully saturated rings. The van der Waals surface area contributed by atoms with Crippen molar-refractivity contribution >= 4 is 41.1 Å². The molecule has 0 unspecified atom stereocenters. The predicted molar refractivity (Wildman–Crippen MR) is 116 cm³/mol. The van der Waals surface area contributed by atoms with Crippen LogP contribution in [0.15, 0.2) is 23.8 Å². The minimum absolute atomic E-state index is 0. The molecule has 2 N–H and O–H groups in total. The van der Waals surface area contributed by atoms with Gasteiger partial charge in [-0.2, -0.15) is 0 Å². The average Bonchev–Trinajstić information content (AvgIpc) is 3.09. The average molecular weight is 459 g/mol. The number of allylic oxidation sites excluding steroid dienone is 4. The minimum atomic E-state index is -1.98. The van der Waals surface area contributed by atoms with Crippen molar-refractivity contribution in [3.63, 3.8) is 0 Å². The number of fused-ring (bicyclic) bond motifs is 7. The molecular weight excluding hydrogens is 426 g/mol. The molecule has 0 aromatic heterocycles. The summed E-state index contributed by atoms with van der Waals surface area (Å²) in [5.41, 5.74) is -4.66. The molecular formula is C24H32FNaO6. The van der Waals surface area contributed by atoms with E-state index in [1.165, 1.54) is 12.2 Å². The Hall–Kier alpha value is -0.410. The number of Topliss-reactive ketones (excluding diaryl/α,β-unsaturated/α-hetero) is 1. The zero-order valence-electron chi connectivity index (χ0n) is 18.5. The molecule has 8 heteroatoms. The van der Waals surface area contributed by atoms with E-state index >= 15 is 4.39 Å². The van der Waals surface area contributed by atoms with Gasteiger partial charge in [-0.25, -0.2) is 4.39 Å². The number of hydrogen-bond donors (Lipinski definition) is 2. The first kappa shape index (κ1) is 24.7. The second-order valence-corrected chi connectivity index (χ2v) is 10.9. The summed E-state index contributed by atoms with van der Waals surface area (Å²) in [6, 6.07) is 0. The quantitative estimate of drug-likeness (QED) is 0.613. The van der Waals surface area contributed by atoms with Crippen LogP contribution in [0.25, 0.3) is 0 Å². The zero-order chi connectivity index (χ0) is 22.6. The van der Waals surface area contributed by atoms with Crippen molar-refractivity contribution in [3.8, 4) is 0 Å². The molecule has 4 aliphatic carbocycles. The fourth-order valence-electron chi connectivity index (χ4n) is 7.93. The zero-order valence-corrected chi connectivity index (χ0v) is 18.5. The third-order valence-electron chi connectivity index (χ3n) is 9.19. The summed E-state index contributed by atoms with van der Waals surface area (Å²) in [6.45, 7) is 6.41. The predicted octanol–water partition coefficient (Wildman–Crippen LogP) is 1.77. The summed E-state index contributed by atoms with van der Waals surface area (Å²) in [5, 5.41) is 21.2. The Labute approximate surface area is 209 Å². The number of halogens is 1. The molecule has 0 radical (unpaired) electrons. The number of alkyl halides is 1. The molecule has 32 heavy (non-hydrogen) atoms. The van der Waals surface area contributed by atoms with Gasteiger partial charge < -0.3 is 19.7 Å². The number of carbonyl (C=O) groups excluding carboxylic acids is 2. The van der Waals surface area contributed by atoms with Gasteiger partial charge in [0, 0.05) is 16.7 Å². The van der Waals surface area contributed by atoms with Crippen molar-refractivity contribution in [1.29, 1.82) is 0 Å². The number of aliphatic hydroxyl groups excluding tert-OH is 2. The summed E-state index contributed by atoms with van der Waals surface area (Å²) in [6.07, 6.45) is 4.00. The molecule has 8 atom stereocenters. The summed E-state index contributed by atoms with van der Waals surface area (Å²) < 4.78 is 29.5. The molecule has 6 nitrogen and oxygen atoms in total. The molecule has 0 bridgehead atoms. The van der Waals surface area contributed by atoms with Crippen LogP contribution in [0.3, 0.4) is 0 Å². The van der Waals surface area contributed by atoms with Gasteiger partial charge in [-0.15, -0.1) is 0 Å². The maximum absolute atomic E-state index is 17.1. The number of hydrogen-bond acceptors (Lipinski definition) is 6. The van der Waals surface area contributed by atoms with Crippen LogP contribution in [0.4, 0.5) is 4.39 Å². The van der Waals surface area contributed by atoms with Crippen LogP contribution in [0, 0.1) is 22.7 Å². The third-order valence-corrected chi connectivity index (χ3v) is 9.19. The van der Waals surface area contributed by atoms with Gasteiger partial charge in [0.15, 0.2) is 28.6 Å². The van der Waals surface area contributed by atoms with E-state index in [1.807, 2.05) is 6.92 Å². The number of ether oxygens (including phenoxy) is 2. The molecule has 5 aliphatic rings. The second-order valence-electron chi connectivity index (χ2n) is 10.9. The standard InChI is InChI=1S/C24H31FO6.Na.H/c1-20(2)30-19-10-16-15-6-5-13-9-14(27)7-8-21(13,3)23(15,25)17(28)11-22(16,4)24(19,31-20)18(29)12-26;;/h7-9,15-17,19,26,28H,5-6,10-12H2,1-4H3;;/t15-,16-,17-,19+,21-,22-,23-,24+;;/m0../s1. The van der Waals surface area contributed by atoms with Crippen molar-refractivity contribution < 1.29 is 33.7 Å². The van der Waals surface area contributed by atoms with Crippen molar-refractivity contribution in [2.75, 3.05) is 6.61 Å². The van der Waals surface area contributed by atoms with E-state index in [1.54, 1.807) is 26.8 Å². The molecule has 3 saturated carbocycles. The van der Waals surface area contributed by atoms with E-state index < -0.39 is 58.4 Å². The third kappa shape index (κ3) is 2.70. The molecule has 5 rings (SSSR count). The fraction of sp³-hybridized carbons (Fsp3) is 0.750. The van der Waals surface area contributed by atoms with Crippen LogP contribution < -0.4 is 0 Å². The Morgan fingerprint density at radius 3 is 2.59 bits per heavy atom. The van der Waals surface area contributed by atoms with E-state index in [2.05, 4.69) is 0 Å². The van der Waals surface area contributed by atoms with Gasteiger partial charge in [0.25, 0.3) is 0 Å². The Morgan fingerprint density at radius 1 is 1.25 bits per heavy atom. The van der Waals surface area contributed by atoms with Crippen molar-refractivity contribution in [3.05, 3.63) is 23.8 Å². The summed E-state index contributed by atoms with van der Waals surface area (Å²) >= 11 is 0. The van der Waals surface area contributed by atoms with Crippen molar-refractivity contribution in [2.45, 2.75) is 82.6 Å². The van der Waals surface area contributed by atoms with Gasteiger partial charge in [-0.05, 0) is 64.5 Å². The molecule has 1 saturated heterocycles. The van der Waals surface area contributed by atoms with E-state index in [0.29, 0.717) is 19.3 Å². The van der Waals surface area contributed by atoms with Crippen LogP contribution in [-0.2, 0) is 19.1 Å². The van der Waals surface area contributed by atoms with Crippen LogP contribution >= 0.6 is 0 Å². The van der Waals surface area contributed by atoms with E-state index in [4.69, 9.17) is 9.47 Å². The van der Waals surface area contributed by atoms with Crippen LogP contribution in [0.5, 0.6) is 0 Å². The normalized spacial score (nSPS) is 50.5. The van der Waals surface area contributed by atoms with Gasteiger partial charge in [0.1, 0.15) is 6.61 Å². The van der Waals surface area contributed by atoms with Crippen LogP contribution in [-0.4, -0.2) is 87.2 Å². The Kier molecular flexibility index (Phi) is 5.63. The van der Waals surface area contributed by atoms with Gasteiger partial charge in [-0.1, -0.05) is 18.6 Å². The number of carbonyl (C=O) groups is 2. The molecule has 0 amide bonds. The first-order valence-corrected chi connectivity index (χ1v) is 11.2. The molecule has 0 spiro atoms. The number of rotatable bonds is 2. The van der Waals surface area contributed by atoms with E-state index in [0.717, 1.165) is 5.57 Å². The van der Waals surface area contributed by atoms with E-state index in [9.17, 15) is 19.8 Å². The fourth-order valence-corrected chi connectivity index (χ4v) is 7.93. The van der Waals surface area contributed by atoms with Crippen LogP contribution in [0.2, 0.25) is 0 Å².